The third kappa shape index (κ3) is 4.40. The van der Waals surface area contributed by atoms with Crippen molar-refractivity contribution in [2.75, 3.05) is 25.0 Å². The summed E-state index contributed by atoms with van der Waals surface area (Å²) in [6.07, 6.45) is 7.27. The lowest BCUT2D eigenvalue weighted by Crippen LogP contribution is -2.51. The van der Waals surface area contributed by atoms with Gasteiger partial charge in [0.2, 0.25) is 5.91 Å². The Bertz CT molecular complexity index is 949. The maximum atomic E-state index is 13.0. The van der Waals surface area contributed by atoms with Crippen LogP contribution in [0.4, 0.5) is 5.69 Å². The zero-order valence-corrected chi connectivity index (χ0v) is 17.0. The molecule has 1 aliphatic rings. The minimum absolute atomic E-state index is 0.0847. The Kier molecular flexibility index (Phi) is 5.76. The number of carbonyl (C=O) groups excluding carboxylic acids is 1. The van der Waals surface area contributed by atoms with Gasteiger partial charge in [-0.15, -0.1) is 0 Å². The lowest BCUT2D eigenvalue weighted by molar-refractivity contribution is -0.124. The number of carbonyl (C=O) groups is 1. The monoisotopic (exact) mass is 393 g/mol. The van der Waals surface area contributed by atoms with Crippen molar-refractivity contribution in [3.8, 4) is 11.3 Å². The molecule has 0 N–H and O–H groups in total. The zero-order chi connectivity index (χ0) is 20.2. The molecule has 1 fully saturated rings. The molecule has 0 spiro atoms. The van der Waals surface area contributed by atoms with E-state index >= 15 is 0 Å². The Labute approximate surface area is 170 Å². The first kappa shape index (κ1) is 19.4. The van der Waals surface area contributed by atoms with Gasteiger partial charge >= 0.3 is 0 Å². The maximum absolute atomic E-state index is 13.0. The van der Waals surface area contributed by atoms with E-state index in [1.165, 1.54) is 0 Å². The molecule has 29 heavy (non-hydrogen) atoms. The van der Waals surface area contributed by atoms with Gasteiger partial charge in [-0.1, -0.05) is 35.5 Å². The molecule has 0 bridgehead atoms. The predicted octanol–water partition coefficient (Wildman–Crippen LogP) is 3.14. The summed E-state index contributed by atoms with van der Waals surface area (Å²) in [6, 6.07) is 12.0. The molecule has 1 atom stereocenters. The fourth-order valence-corrected chi connectivity index (χ4v) is 3.90. The smallest absolute Gasteiger partial charge is 0.244 e. The zero-order valence-electron chi connectivity index (χ0n) is 17.0. The molecule has 1 aromatic carbocycles. The molecule has 1 aliphatic heterocycles. The first-order valence-electron chi connectivity index (χ1n) is 10.1. The Hall–Kier alpha value is -2.93. The van der Waals surface area contributed by atoms with E-state index in [9.17, 15) is 4.79 Å². The summed E-state index contributed by atoms with van der Waals surface area (Å²) in [5.74, 6) is 1.04. The minimum Gasteiger partial charge on any atom is -0.361 e. The van der Waals surface area contributed by atoms with E-state index in [2.05, 4.69) is 15.2 Å². The Balaban J connectivity index is 1.31. The highest BCUT2D eigenvalue weighted by molar-refractivity contribution is 5.97. The fraction of sp³-hybridized carbons (Fsp3) is 0.409. The number of benzene rings is 1. The lowest BCUT2D eigenvalue weighted by atomic mass is 10.0. The van der Waals surface area contributed by atoms with Gasteiger partial charge in [-0.3, -0.25) is 14.4 Å². The topological polar surface area (TPSA) is 67.4 Å². The molecule has 152 valence electrons. The molecule has 0 aliphatic carbocycles. The molecule has 7 nitrogen and oxygen atoms in total. The van der Waals surface area contributed by atoms with Gasteiger partial charge in [0.05, 0.1) is 17.9 Å². The van der Waals surface area contributed by atoms with E-state index in [-0.39, 0.29) is 11.9 Å². The average Bonchev–Trinajstić information content (AvgIpc) is 3.38. The van der Waals surface area contributed by atoms with Crippen LogP contribution in [-0.2, 0) is 18.3 Å². The van der Waals surface area contributed by atoms with E-state index in [1.807, 2.05) is 61.6 Å². The molecule has 3 heterocycles. The largest absolute Gasteiger partial charge is 0.361 e. The van der Waals surface area contributed by atoms with E-state index in [0.717, 1.165) is 61.5 Å². The van der Waals surface area contributed by atoms with Gasteiger partial charge in [0, 0.05) is 37.8 Å². The van der Waals surface area contributed by atoms with E-state index in [4.69, 9.17) is 4.52 Å². The normalized spacial score (nSPS) is 17.3. The molecular formula is C22H27N5O2. The summed E-state index contributed by atoms with van der Waals surface area (Å²) in [5, 5.41) is 8.37. The van der Waals surface area contributed by atoms with Gasteiger partial charge in [0.1, 0.15) is 11.5 Å². The lowest BCUT2D eigenvalue weighted by Gasteiger charge is -2.36. The SMILES string of the molecule is CN(CCCc1cc(-c2ccccc2)no1)C1CCCN(c2cnn(C)c2)C1=O. The Morgan fingerprint density at radius 1 is 1.28 bits per heavy atom. The number of hydrogen-bond acceptors (Lipinski definition) is 5. The molecule has 4 rings (SSSR count). The van der Waals surface area contributed by atoms with Crippen molar-refractivity contribution < 1.29 is 9.32 Å². The van der Waals surface area contributed by atoms with Crippen LogP contribution in [0.25, 0.3) is 11.3 Å². The number of rotatable bonds is 7. The highest BCUT2D eigenvalue weighted by Gasteiger charge is 2.32. The van der Waals surface area contributed by atoms with Gasteiger partial charge in [0.15, 0.2) is 0 Å². The highest BCUT2D eigenvalue weighted by atomic mass is 16.5. The van der Waals surface area contributed by atoms with Crippen LogP contribution in [0.15, 0.2) is 53.3 Å². The first-order valence-corrected chi connectivity index (χ1v) is 10.1. The number of anilines is 1. The Morgan fingerprint density at radius 2 is 2.10 bits per heavy atom. The number of hydrogen-bond donors (Lipinski definition) is 0. The van der Waals surface area contributed by atoms with Gasteiger partial charge in [-0.05, 0) is 32.9 Å². The van der Waals surface area contributed by atoms with Crippen molar-refractivity contribution in [3.05, 3.63) is 54.6 Å². The van der Waals surface area contributed by atoms with Crippen molar-refractivity contribution in [2.24, 2.45) is 7.05 Å². The molecule has 1 saturated heterocycles. The maximum Gasteiger partial charge on any atom is 0.244 e. The number of aromatic nitrogens is 3. The summed E-state index contributed by atoms with van der Waals surface area (Å²) in [5.41, 5.74) is 2.80. The quantitative estimate of drug-likeness (QED) is 0.617. The highest BCUT2D eigenvalue weighted by Crippen LogP contribution is 2.23. The molecule has 1 unspecified atom stereocenters. The molecule has 3 aromatic rings. The summed E-state index contributed by atoms with van der Waals surface area (Å²) < 4.78 is 7.22. The standard InChI is InChI=1S/C22H27N5O2/c1-25(21-11-7-13-27(22(21)28)18-15-23-26(2)16-18)12-6-10-19-14-20(24-29-19)17-8-4-3-5-9-17/h3-5,8-9,14-16,21H,6-7,10-13H2,1-2H3. The molecule has 2 aromatic heterocycles. The van der Waals surface area contributed by atoms with Gasteiger partial charge in [-0.25, -0.2) is 0 Å². The van der Waals surface area contributed by atoms with Crippen molar-refractivity contribution >= 4 is 11.6 Å². The number of piperidine rings is 1. The van der Waals surface area contributed by atoms with Crippen LogP contribution in [0.1, 0.15) is 25.0 Å². The van der Waals surface area contributed by atoms with E-state index in [1.54, 1.807) is 10.9 Å². The van der Waals surface area contributed by atoms with Crippen LogP contribution in [-0.4, -0.2) is 51.9 Å². The fourth-order valence-electron chi connectivity index (χ4n) is 3.90. The van der Waals surface area contributed by atoms with E-state index in [0.29, 0.717) is 0 Å². The predicted molar refractivity (Wildman–Crippen MR) is 111 cm³/mol. The summed E-state index contributed by atoms with van der Waals surface area (Å²) in [6.45, 7) is 1.59. The van der Waals surface area contributed by atoms with Crippen LogP contribution >= 0.6 is 0 Å². The third-order valence-corrected chi connectivity index (χ3v) is 5.51. The summed E-state index contributed by atoms with van der Waals surface area (Å²) in [7, 11) is 3.90. The van der Waals surface area contributed by atoms with Crippen LogP contribution in [0.3, 0.4) is 0 Å². The Morgan fingerprint density at radius 3 is 2.86 bits per heavy atom. The van der Waals surface area contributed by atoms with E-state index < -0.39 is 0 Å². The van der Waals surface area contributed by atoms with Gasteiger partial charge in [-0.2, -0.15) is 5.10 Å². The summed E-state index contributed by atoms with van der Waals surface area (Å²) in [4.78, 5) is 17.0. The minimum atomic E-state index is -0.0847. The van der Waals surface area contributed by atoms with Crippen molar-refractivity contribution in [3.63, 3.8) is 0 Å². The van der Waals surface area contributed by atoms with Crippen molar-refractivity contribution in [2.45, 2.75) is 31.7 Å². The molecular weight excluding hydrogens is 366 g/mol. The summed E-state index contributed by atoms with van der Waals surface area (Å²) >= 11 is 0. The molecule has 1 amide bonds. The van der Waals surface area contributed by atoms with Crippen LogP contribution in [0.2, 0.25) is 0 Å². The van der Waals surface area contributed by atoms with Crippen LogP contribution < -0.4 is 4.90 Å². The number of likely N-dealkylation sites (N-methyl/N-ethyl adjacent to an activating group) is 1. The number of nitrogens with zero attached hydrogens (tertiary/aromatic N) is 5. The van der Waals surface area contributed by atoms with Gasteiger partial charge in [0.25, 0.3) is 0 Å². The van der Waals surface area contributed by atoms with Crippen LogP contribution in [0, 0.1) is 0 Å². The second-order valence-electron chi connectivity index (χ2n) is 7.65. The second kappa shape index (κ2) is 8.61. The number of amides is 1. The third-order valence-electron chi connectivity index (χ3n) is 5.51. The molecule has 0 radical (unpaired) electrons. The van der Waals surface area contributed by atoms with Crippen molar-refractivity contribution in [1.82, 2.24) is 19.8 Å². The first-order chi connectivity index (χ1) is 14.1. The average molecular weight is 393 g/mol. The van der Waals surface area contributed by atoms with Crippen LogP contribution in [0.5, 0.6) is 0 Å². The molecule has 0 saturated carbocycles. The number of aryl methyl sites for hydroxylation is 2. The molecule has 7 heteroatoms. The van der Waals surface area contributed by atoms with Gasteiger partial charge < -0.3 is 9.42 Å². The van der Waals surface area contributed by atoms with Crippen molar-refractivity contribution in [1.29, 1.82) is 0 Å². The second-order valence-corrected chi connectivity index (χ2v) is 7.65.